The predicted octanol–water partition coefficient (Wildman–Crippen LogP) is 4.91. The lowest BCUT2D eigenvalue weighted by molar-refractivity contribution is -0.137. The molecular formula is C23H20ClF3N2O3S. The van der Waals surface area contributed by atoms with Gasteiger partial charge in [0.05, 0.1) is 21.2 Å². The molecule has 0 fully saturated rings. The molecule has 0 bridgehead atoms. The molecule has 0 aliphatic heterocycles. The van der Waals surface area contributed by atoms with Gasteiger partial charge in [-0.2, -0.15) is 13.2 Å². The largest absolute Gasteiger partial charge is 0.417 e. The third-order valence-electron chi connectivity index (χ3n) is 4.74. The van der Waals surface area contributed by atoms with Crippen molar-refractivity contribution in [1.82, 2.24) is 5.32 Å². The molecule has 0 aliphatic carbocycles. The highest BCUT2D eigenvalue weighted by atomic mass is 35.5. The Morgan fingerprint density at radius 3 is 2.15 bits per heavy atom. The number of anilines is 1. The number of rotatable bonds is 8. The number of hydrogen-bond donors (Lipinski definition) is 1. The minimum Gasteiger partial charge on any atom is -0.354 e. The first-order valence-corrected chi connectivity index (χ1v) is 11.7. The van der Waals surface area contributed by atoms with Crippen molar-refractivity contribution in [2.75, 3.05) is 17.4 Å². The van der Waals surface area contributed by atoms with Crippen LogP contribution >= 0.6 is 11.6 Å². The smallest absolute Gasteiger partial charge is 0.354 e. The quantitative estimate of drug-likeness (QED) is 0.482. The summed E-state index contributed by atoms with van der Waals surface area (Å²) in [4.78, 5) is 12.4. The Labute approximate surface area is 194 Å². The fraction of sp³-hybridized carbons (Fsp3) is 0.174. The lowest BCUT2D eigenvalue weighted by Gasteiger charge is -2.25. The summed E-state index contributed by atoms with van der Waals surface area (Å²) < 4.78 is 67.2. The Kier molecular flexibility index (Phi) is 7.65. The number of amides is 1. The van der Waals surface area contributed by atoms with Crippen LogP contribution in [-0.4, -0.2) is 27.4 Å². The van der Waals surface area contributed by atoms with Crippen LogP contribution in [0.1, 0.15) is 11.1 Å². The van der Waals surface area contributed by atoms with E-state index in [2.05, 4.69) is 5.32 Å². The maximum absolute atomic E-state index is 13.4. The van der Waals surface area contributed by atoms with Crippen molar-refractivity contribution >= 4 is 33.2 Å². The van der Waals surface area contributed by atoms with Crippen molar-refractivity contribution < 1.29 is 26.4 Å². The first-order chi connectivity index (χ1) is 15.6. The summed E-state index contributed by atoms with van der Waals surface area (Å²) in [6, 6.07) is 19.2. The predicted molar refractivity (Wildman–Crippen MR) is 121 cm³/mol. The topological polar surface area (TPSA) is 66.5 Å². The second kappa shape index (κ2) is 10.3. The summed E-state index contributed by atoms with van der Waals surface area (Å²) in [5.74, 6) is -0.658. The zero-order valence-corrected chi connectivity index (χ0v) is 18.8. The monoisotopic (exact) mass is 496 g/mol. The Hall–Kier alpha value is -3.04. The van der Waals surface area contributed by atoms with Crippen LogP contribution in [0.4, 0.5) is 18.9 Å². The van der Waals surface area contributed by atoms with Crippen LogP contribution in [0, 0.1) is 0 Å². The molecule has 5 nitrogen and oxygen atoms in total. The number of hydrogen-bond acceptors (Lipinski definition) is 3. The van der Waals surface area contributed by atoms with Crippen LogP contribution in [0.2, 0.25) is 5.02 Å². The van der Waals surface area contributed by atoms with Crippen molar-refractivity contribution in [3.8, 4) is 0 Å². The molecule has 0 unspecified atom stereocenters. The van der Waals surface area contributed by atoms with E-state index in [1.54, 1.807) is 6.07 Å². The molecule has 3 aromatic carbocycles. The van der Waals surface area contributed by atoms with E-state index >= 15 is 0 Å². The lowest BCUT2D eigenvalue weighted by Crippen LogP contribution is -2.41. The molecule has 10 heteroatoms. The highest BCUT2D eigenvalue weighted by Gasteiger charge is 2.35. The van der Waals surface area contributed by atoms with Crippen molar-refractivity contribution in [2.45, 2.75) is 17.5 Å². The zero-order valence-electron chi connectivity index (χ0n) is 17.2. The minimum atomic E-state index is -4.80. The molecule has 1 N–H and O–H groups in total. The van der Waals surface area contributed by atoms with Gasteiger partial charge >= 0.3 is 6.18 Å². The van der Waals surface area contributed by atoms with Gasteiger partial charge < -0.3 is 5.32 Å². The molecule has 0 radical (unpaired) electrons. The number of nitrogens with zero attached hydrogens (tertiary/aromatic N) is 1. The lowest BCUT2D eigenvalue weighted by atomic mass is 10.1. The minimum absolute atomic E-state index is 0.161. The third-order valence-corrected chi connectivity index (χ3v) is 6.86. The van der Waals surface area contributed by atoms with Gasteiger partial charge in [-0.1, -0.05) is 60.1 Å². The molecule has 0 spiro atoms. The van der Waals surface area contributed by atoms with E-state index in [0.717, 1.165) is 17.7 Å². The molecule has 0 aliphatic rings. The fourth-order valence-electron chi connectivity index (χ4n) is 3.10. The van der Waals surface area contributed by atoms with Crippen LogP contribution in [-0.2, 0) is 27.4 Å². The van der Waals surface area contributed by atoms with E-state index in [1.165, 1.54) is 24.3 Å². The maximum atomic E-state index is 13.4. The summed E-state index contributed by atoms with van der Waals surface area (Å²) in [6.07, 6.45) is -4.29. The molecule has 0 aromatic heterocycles. The summed E-state index contributed by atoms with van der Waals surface area (Å²) in [5.41, 5.74) is -0.549. The van der Waals surface area contributed by atoms with Crippen molar-refractivity contribution in [1.29, 1.82) is 0 Å². The number of alkyl halides is 3. The van der Waals surface area contributed by atoms with Gasteiger partial charge in [0.2, 0.25) is 5.91 Å². The molecule has 33 heavy (non-hydrogen) atoms. The molecule has 3 aromatic rings. The number of halogens is 4. The van der Waals surface area contributed by atoms with Gasteiger partial charge in [-0.05, 0) is 42.3 Å². The SMILES string of the molecule is O=C(CN(c1ccc(Cl)c(C(F)(F)F)c1)S(=O)(=O)c1ccccc1)NCCc1ccccc1. The van der Waals surface area contributed by atoms with Gasteiger partial charge in [-0.3, -0.25) is 9.10 Å². The Balaban J connectivity index is 1.89. The molecule has 1 amide bonds. The van der Waals surface area contributed by atoms with Gasteiger partial charge in [0.25, 0.3) is 10.0 Å². The highest BCUT2D eigenvalue weighted by molar-refractivity contribution is 7.92. The number of benzene rings is 3. The Morgan fingerprint density at radius 1 is 0.939 bits per heavy atom. The zero-order chi connectivity index (χ0) is 24.1. The van der Waals surface area contributed by atoms with E-state index in [-0.39, 0.29) is 17.1 Å². The number of carbonyl (C=O) groups excluding carboxylic acids is 1. The molecule has 0 saturated carbocycles. The molecule has 0 saturated heterocycles. The molecular weight excluding hydrogens is 477 g/mol. The third kappa shape index (κ3) is 6.27. The van der Waals surface area contributed by atoms with E-state index in [1.807, 2.05) is 30.3 Å². The maximum Gasteiger partial charge on any atom is 0.417 e. The van der Waals surface area contributed by atoms with E-state index in [4.69, 9.17) is 11.6 Å². The van der Waals surface area contributed by atoms with E-state index in [0.29, 0.717) is 16.8 Å². The summed E-state index contributed by atoms with van der Waals surface area (Å²) in [7, 11) is -4.34. The molecule has 0 heterocycles. The average molecular weight is 497 g/mol. The van der Waals surface area contributed by atoms with Crippen LogP contribution in [0.3, 0.4) is 0 Å². The average Bonchev–Trinajstić information content (AvgIpc) is 2.78. The second-order valence-corrected chi connectivity index (χ2v) is 9.34. The number of nitrogens with one attached hydrogen (secondary N) is 1. The standard InChI is InChI=1S/C23H20ClF3N2O3S/c24-21-12-11-18(15-20(21)23(25,26)27)29(33(31,32)19-9-5-2-6-10-19)16-22(30)28-14-13-17-7-3-1-4-8-17/h1-12,15H,13-14,16H2,(H,28,30). The second-order valence-electron chi connectivity index (χ2n) is 7.07. The Morgan fingerprint density at radius 2 is 1.55 bits per heavy atom. The van der Waals surface area contributed by atoms with Crippen molar-refractivity contribution in [2.24, 2.45) is 0 Å². The normalized spacial score (nSPS) is 11.8. The summed E-state index contributed by atoms with van der Waals surface area (Å²) >= 11 is 5.68. The van der Waals surface area contributed by atoms with Crippen LogP contribution in [0.25, 0.3) is 0 Å². The molecule has 174 valence electrons. The number of sulfonamides is 1. The van der Waals surface area contributed by atoms with Gasteiger partial charge in [0.15, 0.2) is 0 Å². The molecule has 3 rings (SSSR count). The van der Waals surface area contributed by atoms with Gasteiger partial charge in [0.1, 0.15) is 6.54 Å². The fourth-order valence-corrected chi connectivity index (χ4v) is 4.76. The van der Waals surface area contributed by atoms with E-state index in [9.17, 15) is 26.4 Å². The van der Waals surface area contributed by atoms with Gasteiger partial charge in [-0.15, -0.1) is 0 Å². The van der Waals surface area contributed by atoms with Crippen molar-refractivity contribution in [3.05, 3.63) is 95.0 Å². The van der Waals surface area contributed by atoms with Crippen molar-refractivity contribution in [3.63, 3.8) is 0 Å². The summed E-state index contributed by atoms with van der Waals surface area (Å²) in [5, 5.41) is 2.04. The molecule has 0 atom stereocenters. The Bertz CT molecular complexity index is 1200. The number of carbonyl (C=O) groups is 1. The first kappa shape index (κ1) is 24.6. The van der Waals surface area contributed by atoms with Gasteiger partial charge in [-0.25, -0.2) is 8.42 Å². The van der Waals surface area contributed by atoms with E-state index < -0.39 is 39.2 Å². The first-order valence-electron chi connectivity index (χ1n) is 9.84. The van der Waals surface area contributed by atoms with Crippen LogP contribution in [0.5, 0.6) is 0 Å². The van der Waals surface area contributed by atoms with Crippen LogP contribution in [0.15, 0.2) is 83.8 Å². The van der Waals surface area contributed by atoms with Gasteiger partial charge in [0, 0.05) is 6.54 Å². The summed E-state index contributed by atoms with van der Waals surface area (Å²) in [6.45, 7) is -0.471. The highest BCUT2D eigenvalue weighted by Crippen LogP contribution is 2.37. The van der Waals surface area contributed by atoms with Crippen LogP contribution < -0.4 is 9.62 Å².